The SMILES string of the molecule is COc1cc(COC(C(C)=O)[C@H]2O[C@@H](n3cnc4c(N)ncnc43)C[C@@]2(O)C(C)=O)ccc1O. The number of nitrogens with two attached hydrogens (primary N) is 1. The van der Waals surface area contributed by atoms with Crippen molar-refractivity contribution in [3.63, 3.8) is 0 Å². The molecule has 12 nitrogen and oxygen atoms in total. The van der Waals surface area contributed by atoms with Crippen LogP contribution in [0.15, 0.2) is 30.9 Å². The standard InChI is InChI=1S/C22H25N5O7/c1-11(28)18(33-8-13-4-5-14(30)15(6-13)32-3)19-22(31,12(2)29)7-16(34-19)27-10-26-17-20(23)24-9-25-21(17)27/h4-6,9-10,16,18-19,30-31H,7-8H2,1-3H3,(H2,23,24,25)/t16-,18?,19-,22-/m1/s1. The van der Waals surface area contributed by atoms with Gasteiger partial charge in [-0.15, -0.1) is 0 Å². The van der Waals surface area contributed by atoms with E-state index in [0.717, 1.165) is 0 Å². The van der Waals surface area contributed by atoms with E-state index in [-0.39, 0.29) is 30.3 Å². The smallest absolute Gasteiger partial charge is 0.167 e. The quantitative estimate of drug-likeness (QED) is 0.426. The predicted molar refractivity (Wildman–Crippen MR) is 118 cm³/mol. The Bertz CT molecular complexity index is 1250. The molecule has 3 heterocycles. The second kappa shape index (κ2) is 8.97. The lowest BCUT2D eigenvalue weighted by Gasteiger charge is -2.30. The number of phenolic OH excluding ortho intramolecular Hbond substituents is 1. The lowest BCUT2D eigenvalue weighted by molar-refractivity contribution is -0.166. The number of carbonyl (C=O) groups is 2. The number of hydrogen-bond acceptors (Lipinski definition) is 11. The molecular weight excluding hydrogens is 446 g/mol. The van der Waals surface area contributed by atoms with Crippen LogP contribution in [-0.2, 0) is 25.7 Å². The fraction of sp³-hybridized carbons (Fsp3) is 0.409. The van der Waals surface area contributed by atoms with Gasteiger partial charge in [0.1, 0.15) is 30.3 Å². The number of Topliss-reactive ketones (excluding diaryl/α,β-unsaturated/α-hetero) is 2. The first-order valence-electron chi connectivity index (χ1n) is 10.5. The Labute approximate surface area is 194 Å². The summed E-state index contributed by atoms with van der Waals surface area (Å²) in [5, 5.41) is 21.1. The molecule has 4 atom stereocenters. The second-order valence-electron chi connectivity index (χ2n) is 8.13. The number of rotatable bonds is 8. The van der Waals surface area contributed by atoms with Gasteiger partial charge in [0, 0.05) is 6.42 Å². The summed E-state index contributed by atoms with van der Waals surface area (Å²) in [5.74, 6) is -0.627. The number of nitrogen functional groups attached to an aromatic ring is 1. The van der Waals surface area contributed by atoms with Crippen molar-refractivity contribution < 1.29 is 34.0 Å². The number of imidazole rings is 1. The molecule has 4 rings (SSSR count). The molecule has 1 unspecified atom stereocenters. The van der Waals surface area contributed by atoms with Crippen LogP contribution >= 0.6 is 0 Å². The number of methoxy groups -OCH3 is 1. The highest BCUT2D eigenvalue weighted by Crippen LogP contribution is 2.41. The van der Waals surface area contributed by atoms with Crippen molar-refractivity contribution in [2.75, 3.05) is 12.8 Å². The number of carbonyl (C=O) groups excluding carboxylic acids is 2. The molecule has 0 saturated carbocycles. The predicted octanol–water partition coefficient (Wildman–Crippen LogP) is 0.905. The Balaban J connectivity index is 1.63. The van der Waals surface area contributed by atoms with Crippen molar-refractivity contribution in [3.05, 3.63) is 36.4 Å². The highest BCUT2D eigenvalue weighted by Gasteiger charge is 2.56. The first-order chi connectivity index (χ1) is 16.2. The summed E-state index contributed by atoms with van der Waals surface area (Å²) in [6.07, 6.45) is -0.862. The second-order valence-corrected chi connectivity index (χ2v) is 8.13. The van der Waals surface area contributed by atoms with E-state index in [2.05, 4.69) is 15.0 Å². The Kier molecular flexibility index (Phi) is 6.21. The summed E-state index contributed by atoms with van der Waals surface area (Å²) in [6.45, 7) is 2.46. The van der Waals surface area contributed by atoms with Crippen LogP contribution < -0.4 is 10.5 Å². The van der Waals surface area contributed by atoms with E-state index >= 15 is 0 Å². The minimum Gasteiger partial charge on any atom is -0.504 e. The zero-order chi connectivity index (χ0) is 24.6. The summed E-state index contributed by atoms with van der Waals surface area (Å²) in [4.78, 5) is 37.3. The summed E-state index contributed by atoms with van der Waals surface area (Å²) in [6, 6.07) is 4.60. The van der Waals surface area contributed by atoms with Gasteiger partial charge in [-0.05, 0) is 31.5 Å². The summed E-state index contributed by atoms with van der Waals surface area (Å²) in [7, 11) is 1.41. The van der Waals surface area contributed by atoms with Gasteiger partial charge in [0.15, 0.2) is 40.1 Å². The van der Waals surface area contributed by atoms with Crippen LogP contribution in [0.2, 0.25) is 0 Å². The molecule has 0 spiro atoms. The highest BCUT2D eigenvalue weighted by molar-refractivity contribution is 5.89. The third-order valence-electron chi connectivity index (χ3n) is 5.92. The average molecular weight is 471 g/mol. The molecule has 2 aromatic heterocycles. The van der Waals surface area contributed by atoms with Gasteiger partial charge >= 0.3 is 0 Å². The number of fused-ring (bicyclic) bond motifs is 1. The number of aromatic nitrogens is 4. The van der Waals surface area contributed by atoms with E-state index in [0.29, 0.717) is 16.7 Å². The van der Waals surface area contributed by atoms with Gasteiger partial charge in [-0.1, -0.05) is 6.07 Å². The molecule has 0 amide bonds. The minimum atomic E-state index is -2.00. The number of anilines is 1. The van der Waals surface area contributed by atoms with E-state index in [1.165, 1.54) is 44.2 Å². The zero-order valence-electron chi connectivity index (χ0n) is 18.8. The average Bonchev–Trinajstić information content (AvgIpc) is 3.38. The van der Waals surface area contributed by atoms with Crippen molar-refractivity contribution in [1.82, 2.24) is 19.5 Å². The molecule has 1 aliphatic rings. The van der Waals surface area contributed by atoms with Gasteiger partial charge in [-0.3, -0.25) is 14.2 Å². The van der Waals surface area contributed by atoms with Crippen LogP contribution in [0.3, 0.4) is 0 Å². The number of aromatic hydroxyl groups is 1. The number of nitrogens with zero attached hydrogens (tertiary/aromatic N) is 4. The maximum Gasteiger partial charge on any atom is 0.167 e. The molecule has 1 saturated heterocycles. The van der Waals surface area contributed by atoms with Gasteiger partial charge in [0.25, 0.3) is 0 Å². The normalized spacial score (nSPS) is 23.2. The lowest BCUT2D eigenvalue weighted by Crippen LogP contribution is -2.53. The summed E-state index contributed by atoms with van der Waals surface area (Å²) in [5.41, 5.74) is 5.17. The molecule has 180 valence electrons. The fourth-order valence-electron chi connectivity index (χ4n) is 4.04. The third kappa shape index (κ3) is 4.06. The van der Waals surface area contributed by atoms with Crippen LogP contribution in [0, 0.1) is 0 Å². The van der Waals surface area contributed by atoms with Crippen LogP contribution in [0.1, 0.15) is 32.1 Å². The Morgan fingerprint density at radius 2 is 2.09 bits per heavy atom. The first kappa shape index (κ1) is 23.5. The number of ketones is 2. The highest BCUT2D eigenvalue weighted by atomic mass is 16.6. The zero-order valence-corrected chi connectivity index (χ0v) is 18.8. The fourth-order valence-corrected chi connectivity index (χ4v) is 4.04. The van der Waals surface area contributed by atoms with E-state index in [4.69, 9.17) is 19.9 Å². The number of hydrogen-bond donors (Lipinski definition) is 3. The summed E-state index contributed by atoms with van der Waals surface area (Å²) < 4.78 is 18.5. The van der Waals surface area contributed by atoms with Crippen molar-refractivity contribution in [2.45, 2.75) is 50.9 Å². The minimum absolute atomic E-state index is 0.0423. The third-order valence-corrected chi connectivity index (χ3v) is 5.92. The Morgan fingerprint density at radius 3 is 2.76 bits per heavy atom. The van der Waals surface area contributed by atoms with E-state index < -0.39 is 35.6 Å². The van der Waals surface area contributed by atoms with Gasteiger partial charge < -0.3 is 30.2 Å². The van der Waals surface area contributed by atoms with Crippen LogP contribution in [-0.4, -0.2) is 66.2 Å². The Morgan fingerprint density at radius 1 is 1.32 bits per heavy atom. The van der Waals surface area contributed by atoms with Crippen LogP contribution in [0.5, 0.6) is 11.5 Å². The van der Waals surface area contributed by atoms with Crippen molar-refractivity contribution in [2.24, 2.45) is 0 Å². The molecule has 12 heteroatoms. The molecule has 1 fully saturated rings. The van der Waals surface area contributed by atoms with Gasteiger partial charge in [0.05, 0.1) is 20.0 Å². The number of aliphatic hydroxyl groups is 1. The van der Waals surface area contributed by atoms with E-state index in [1.54, 1.807) is 12.1 Å². The first-order valence-corrected chi connectivity index (χ1v) is 10.5. The largest absolute Gasteiger partial charge is 0.504 e. The number of benzene rings is 1. The molecule has 3 aromatic rings. The topological polar surface area (TPSA) is 172 Å². The molecule has 1 aromatic carbocycles. The lowest BCUT2D eigenvalue weighted by atomic mass is 9.86. The Hall–Kier alpha value is -3.61. The van der Waals surface area contributed by atoms with Gasteiger partial charge in [-0.25, -0.2) is 15.0 Å². The molecular formula is C22H25N5O7. The van der Waals surface area contributed by atoms with Crippen LogP contribution in [0.25, 0.3) is 11.2 Å². The monoisotopic (exact) mass is 471 g/mol. The maximum atomic E-state index is 12.5. The number of phenols is 1. The van der Waals surface area contributed by atoms with E-state index in [1.807, 2.05) is 0 Å². The number of ether oxygens (including phenoxy) is 3. The molecule has 0 radical (unpaired) electrons. The molecule has 34 heavy (non-hydrogen) atoms. The van der Waals surface area contributed by atoms with E-state index in [9.17, 15) is 19.8 Å². The maximum absolute atomic E-state index is 12.5. The van der Waals surface area contributed by atoms with Crippen LogP contribution in [0.4, 0.5) is 5.82 Å². The van der Waals surface area contributed by atoms with Crippen molar-refractivity contribution in [3.8, 4) is 11.5 Å². The van der Waals surface area contributed by atoms with Gasteiger partial charge in [-0.2, -0.15) is 0 Å². The summed E-state index contributed by atoms with van der Waals surface area (Å²) >= 11 is 0. The molecule has 0 bridgehead atoms. The molecule has 0 aliphatic carbocycles. The molecule has 1 aliphatic heterocycles. The van der Waals surface area contributed by atoms with Crippen molar-refractivity contribution in [1.29, 1.82) is 0 Å². The van der Waals surface area contributed by atoms with Gasteiger partial charge in [0.2, 0.25) is 0 Å². The van der Waals surface area contributed by atoms with Crippen molar-refractivity contribution >= 4 is 28.5 Å². The molecule has 4 N–H and O–H groups in total.